The first kappa shape index (κ1) is 15.0. The first-order chi connectivity index (χ1) is 11.3. The summed E-state index contributed by atoms with van der Waals surface area (Å²) >= 11 is 0. The summed E-state index contributed by atoms with van der Waals surface area (Å²) in [6.45, 7) is 1.89. The molecule has 3 rings (SSSR count). The lowest BCUT2D eigenvalue weighted by molar-refractivity contribution is 0.470. The van der Waals surface area contributed by atoms with Crippen molar-refractivity contribution in [1.82, 2.24) is 0 Å². The van der Waals surface area contributed by atoms with Crippen molar-refractivity contribution >= 4 is 6.21 Å². The van der Waals surface area contributed by atoms with Gasteiger partial charge in [0.25, 0.3) is 0 Å². The summed E-state index contributed by atoms with van der Waals surface area (Å²) in [5.74, 6) is 0.288. The Morgan fingerprint density at radius 1 is 0.783 bits per heavy atom. The lowest BCUT2D eigenvalue weighted by atomic mass is 9.99. The third kappa shape index (κ3) is 3.49. The number of hydrogen-bond donors (Lipinski definition) is 1. The highest BCUT2D eigenvalue weighted by atomic mass is 16.3. The maximum Gasteiger partial charge on any atom is 0.127 e. The Kier molecular flexibility index (Phi) is 4.53. The van der Waals surface area contributed by atoms with Crippen LogP contribution in [0, 0.1) is 6.92 Å². The topological polar surface area (TPSA) is 32.6 Å². The van der Waals surface area contributed by atoms with E-state index >= 15 is 0 Å². The number of phenolic OH excluding ortho intramolecular Hbond substituents is 1. The Balaban J connectivity index is 2.00. The lowest BCUT2D eigenvalue weighted by Crippen LogP contribution is -1.99. The number of aliphatic imine (C=N–C) groups is 1. The van der Waals surface area contributed by atoms with Gasteiger partial charge in [-0.2, -0.15) is 0 Å². The molecule has 0 atom stereocenters. The van der Waals surface area contributed by atoms with Crippen molar-refractivity contribution in [2.75, 3.05) is 0 Å². The zero-order valence-electron chi connectivity index (χ0n) is 13.1. The number of benzene rings is 3. The van der Waals surface area contributed by atoms with Crippen molar-refractivity contribution in [1.29, 1.82) is 0 Å². The van der Waals surface area contributed by atoms with Crippen LogP contribution in [0.4, 0.5) is 0 Å². The van der Waals surface area contributed by atoms with E-state index in [1.807, 2.05) is 61.5 Å². The molecule has 0 amide bonds. The van der Waals surface area contributed by atoms with Crippen LogP contribution in [-0.4, -0.2) is 11.3 Å². The van der Waals surface area contributed by atoms with Gasteiger partial charge < -0.3 is 5.11 Å². The van der Waals surface area contributed by atoms with E-state index in [4.69, 9.17) is 4.99 Å². The van der Waals surface area contributed by atoms with E-state index in [0.717, 1.165) is 22.3 Å². The Labute approximate surface area is 136 Å². The van der Waals surface area contributed by atoms with Gasteiger partial charge in [0.05, 0.1) is 6.04 Å². The highest BCUT2D eigenvalue weighted by molar-refractivity contribution is 5.84. The van der Waals surface area contributed by atoms with E-state index in [9.17, 15) is 5.11 Å². The minimum atomic E-state index is -0.0858. The van der Waals surface area contributed by atoms with Crippen LogP contribution >= 0.6 is 0 Å². The Morgan fingerprint density at radius 2 is 1.35 bits per heavy atom. The molecule has 0 radical (unpaired) electrons. The SMILES string of the molecule is Cc1cccc(C=NC(c2ccccc2)c2ccccc2)c1O. The van der Waals surface area contributed by atoms with Gasteiger partial charge >= 0.3 is 0 Å². The van der Waals surface area contributed by atoms with E-state index in [-0.39, 0.29) is 11.8 Å². The lowest BCUT2D eigenvalue weighted by Gasteiger charge is -2.13. The normalized spacial score (nSPS) is 11.2. The second-order valence-corrected chi connectivity index (χ2v) is 5.51. The number of para-hydroxylation sites is 1. The first-order valence-corrected chi connectivity index (χ1v) is 7.67. The number of rotatable bonds is 4. The molecule has 0 spiro atoms. The van der Waals surface area contributed by atoms with Gasteiger partial charge in [0, 0.05) is 11.8 Å². The highest BCUT2D eigenvalue weighted by Crippen LogP contribution is 2.27. The van der Waals surface area contributed by atoms with Crippen molar-refractivity contribution in [2.24, 2.45) is 4.99 Å². The first-order valence-electron chi connectivity index (χ1n) is 7.67. The van der Waals surface area contributed by atoms with E-state index in [1.165, 1.54) is 0 Å². The molecular formula is C21H19NO. The highest BCUT2D eigenvalue weighted by Gasteiger charge is 2.11. The molecule has 0 unspecified atom stereocenters. The minimum Gasteiger partial charge on any atom is -0.507 e. The fourth-order valence-corrected chi connectivity index (χ4v) is 2.58. The quantitative estimate of drug-likeness (QED) is 0.682. The van der Waals surface area contributed by atoms with E-state index in [1.54, 1.807) is 6.21 Å². The van der Waals surface area contributed by atoms with Gasteiger partial charge in [-0.15, -0.1) is 0 Å². The molecule has 1 N–H and O–H groups in total. The molecule has 23 heavy (non-hydrogen) atoms. The molecule has 0 fully saturated rings. The summed E-state index contributed by atoms with van der Waals surface area (Å²) in [4.78, 5) is 4.75. The van der Waals surface area contributed by atoms with E-state index < -0.39 is 0 Å². The van der Waals surface area contributed by atoms with Crippen molar-refractivity contribution in [2.45, 2.75) is 13.0 Å². The monoisotopic (exact) mass is 301 g/mol. The fraction of sp³-hybridized carbons (Fsp3) is 0.0952. The summed E-state index contributed by atoms with van der Waals surface area (Å²) in [6.07, 6.45) is 1.76. The van der Waals surface area contributed by atoms with Gasteiger partial charge in [-0.1, -0.05) is 72.8 Å². The molecule has 2 heteroatoms. The molecular weight excluding hydrogens is 282 g/mol. The van der Waals surface area contributed by atoms with Crippen LogP contribution in [-0.2, 0) is 0 Å². The summed E-state index contributed by atoms with van der Waals surface area (Å²) in [5.41, 5.74) is 3.84. The van der Waals surface area contributed by atoms with Crippen LogP contribution < -0.4 is 0 Å². The van der Waals surface area contributed by atoms with Crippen LogP contribution in [0.3, 0.4) is 0 Å². The molecule has 0 aliphatic carbocycles. The van der Waals surface area contributed by atoms with Gasteiger partial charge in [0.1, 0.15) is 5.75 Å². The fourth-order valence-electron chi connectivity index (χ4n) is 2.58. The van der Waals surface area contributed by atoms with Crippen LogP contribution in [0.25, 0.3) is 0 Å². The smallest absolute Gasteiger partial charge is 0.127 e. The molecule has 114 valence electrons. The zero-order valence-corrected chi connectivity index (χ0v) is 13.1. The summed E-state index contributed by atoms with van der Waals surface area (Å²) in [7, 11) is 0. The van der Waals surface area contributed by atoms with Crippen LogP contribution in [0.2, 0.25) is 0 Å². The number of aryl methyl sites for hydroxylation is 1. The molecule has 0 heterocycles. The van der Waals surface area contributed by atoms with Crippen LogP contribution in [0.1, 0.15) is 28.3 Å². The summed E-state index contributed by atoms with van der Waals surface area (Å²) < 4.78 is 0. The molecule has 2 nitrogen and oxygen atoms in total. The Hall–Kier alpha value is -2.87. The molecule has 0 saturated carbocycles. The van der Waals surface area contributed by atoms with Crippen LogP contribution in [0.5, 0.6) is 5.75 Å². The molecule has 0 bridgehead atoms. The molecule has 3 aromatic carbocycles. The number of phenols is 1. The molecule has 0 aliphatic rings. The molecule has 0 aliphatic heterocycles. The Morgan fingerprint density at radius 3 is 1.91 bits per heavy atom. The van der Waals surface area contributed by atoms with E-state index in [0.29, 0.717) is 0 Å². The average Bonchev–Trinajstić information content (AvgIpc) is 2.60. The predicted molar refractivity (Wildman–Crippen MR) is 95.2 cm³/mol. The third-order valence-corrected chi connectivity index (χ3v) is 3.86. The maximum atomic E-state index is 10.2. The maximum absolute atomic E-state index is 10.2. The van der Waals surface area contributed by atoms with Gasteiger partial charge in [-0.25, -0.2) is 0 Å². The van der Waals surface area contributed by atoms with Gasteiger partial charge in [0.2, 0.25) is 0 Å². The Bertz CT molecular complexity index is 755. The standard InChI is InChI=1S/C21H19NO/c1-16-9-8-14-19(21(16)23)15-22-20(17-10-4-2-5-11-17)18-12-6-3-7-13-18/h2-15,20,23H,1H3. The molecule has 0 aromatic heterocycles. The van der Waals surface area contributed by atoms with Crippen molar-refractivity contribution in [3.63, 3.8) is 0 Å². The van der Waals surface area contributed by atoms with Gasteiger partial charge in [-0.3, -0.25) is 4.99 Å². The number of nitrogens with zero attached hydrogens (tertiary/aromatic N) is 1. The third-order valence-electron chi connectivity index (χ3n) is 3.86. The van der Waals surface area contributed by atoms with Gasteiger partial charge in [0.15, 0.2) is 0 Å². The zero-order chi connectivity index (χ0) is 16.1. The van der Waals surface area contributed by atoms with Gasteiger partial charge in [-0.05, 0) is 29.7 Å². The second-order valence-electron chi connectivity index (χ2n) is 5.51. The molecule has 3 aromatic rings. The van der Waals surface area contributed by atoms with Crippen molar-refractivity contribution in [3.8, 4) is 5.75 Å². The largest absolute Gasteiger partial charge is 0.507 e. The minimum absolute atomic E-state index is 0.0858. The van der Waals surface area contributed by atoms with Crippen LogP contribution in [0.15, 0.2) is 83.9 Å². The average molecular weight is 301 g/mol. The number of hydrogen-bond acceptors (Lipinski definition) is 2. The molecule has 0 saturated heterocycles. The number of aromatic hydroxyl groups is 1. The van der Waals surface area contributed by atoms with E-state index in [2.05, 4.69) is 24.3 Å². The predicted octanol–water partition coefficient (Wildman–Crippen LogP) is 4.91. The summed E-state index contributed by atoms with van der Waals surface area (Å²) in [5, 5.41) is 10.2. The van der Waals surface area contributed by atoms with Crippen molar-refractivity contribution < 1.29 is 5.11 Å². The second kappa shape index (κ2) is 6.93. The summed E-state index contributed by atoms with van der Waals surface area (Å²) in [6, 6.07) is 26.0. The van der Waals surface area contributed by atoms with Crippen molar-refractivity contribution in [3.05, 3.63) is 101 Å².